The Morgan fingerprint density at radius 2 is 2.17 bits per heavy atom. The summed E-state index contributed by atoms with van der Waals surface area (Å²) in [6.07, 6.45) is 1.95. The van der Waals surface area contributed by atoms with Crippen LogP contribution < -0.4 is 10.1 Å². The van der Waals surface area contributed by atoms with Gasteiger partial charge in [-0.05, 0) is 37.3 Å². The van der Waals surface area contributed by atoms with E-state index in [4.69, 9.17) is 10.00 Å². The van der Waals surface area contributed by atoms with E-state index >= 15 is 0 Å². The number of nitriles is 1. The van der Waals surface area contributed by atoms with Gasteiger partial charge >= 0.3 is 0 Å². The maximum atomic E-state index is 8.87. The molecule has 0 unspecified atom stereocenters. The standard InChI is InChI=1S/C17H17N5O/c1-13(17-21-20-16-7-2-3-9-22(16)17)19-8-10-23-15-6-4-5-14(11-15)12-18/h2-7,9,11,13,19H,8,10H2,1H3/t13-/m1/s1. The quantitative estimate of drug-likeness (QED) is 0.707. The number of nitrogens with zero attached hydrogens (tertiary/aromatic N) is 4. The van der Waals surface area contributed by atoms with Gasteiger partial charge in [-0.3, -0.25) is 4.40 Å². The fraction of sp³-hybridized carbons (Fsp3) is 0.235. The molecule has 1 aromatic carbocycles. The van der Waals surface area contributed by atoms with E-state index in [-0.39, 0.29) is 6.04 Å². The normalized spacial score (nSPS) is 12.0. The van der Waals surface area contributed by atoms with Crippen LogP contribution in [0.5, 0.6) is 5.75 Å². The minimum absolute atomic E-state index is 0.0569. The van der Waals surface area contributed by atoms with E-state index in [1.807, 2.05) is 47.9 Å². The van der Waals surface area contributed by atoms with Crippen LogP contribution in [-0.4, -0.2) is 27.7 Å². The van der Waals surface area contributed by atoms with E-state index in [0.717, 1.165) is 11.5 Å². The van der Waals surface area contributed by atoms with Crippen molar-refractivity contribution in [3.05, 3.63) is 60.0 Å². The van der Waals surface area contributed by atoms with Gasteiger partial charge in [0.05, 0.1) is 17.7 Å². The van der Waals surface area contributed by atoms with Crippen molar-refractivity contribution in [2.24, 2.45) is 0 Å². The summed E-state index contributed by atoms with van der Waals surface area (Å²) in [7, 11) is 0. The predicted molar refractivity (Wildman–Crippen MR) is 86.1 cm³/mol. The Labute approximate surface area is 134 Å². The smallest absolute Gasteiger partial charge is 0.160 e. The van der Waals surface area contributed by atoms with Gasteiger partial charge in [0.2, 0.25) is 0 Å². The second-order valence-corrected chi connectivity index (χ2v) is 5.15. The lowest BCUT2D eigenvalue weighted by atomic mass is 10.2. The highest BCUT2D eigenvalue weighted by molar-refractivity contribution is 5.37. The summed E-state index contributed by atoms with van der Waals surface area (Å²) in [4.78, 5) is 0. The number of ether oxygens (including phenoxy) is 1. The van der Waals surface area contributed by atoms with Crippen LogP contribution in [0.15, 0.2) is 48.7 Å². The molecule has 0 aliphatic heterocycles. The van der Waals surface area contributed by atoms with Crippen molar-refractivity contribution in [1.29, 1.82) is 5.26 Å². The fourth-order valence-corrected chi connectivity index (χ4v) is 2.35. The molecule has 0 fully saturated rings. The van der Waals surface area contributed by atoms with Crippen molar-refractivity contribution in [3.63, 3.8) is 0 Å². The summed E-state index contributed by atoms with van der Waals surface area (Å²) < 4.78 is 7.61. The molecule has 0 amide bonds. The molecular formula is C17H17N5O. The van der Waals surface area contributed by atoms with Crippen LogP contribution >= 0.6 is 0 Å². The molecular weight excluding hydrogens is 290 g/mol. The average molecular weight is 307 g/mol. The zero-order valence-corrected chi connectivity index (χ0v) is 12.8. The third kappa shape index (κ3) is 3.47. The number of aromatic nitrogens is 3. The van der Waals surface area contributed by atoms with Gasteiger partial charge < -0.3 is 10.1 Å². The van der Waals surface area contributed by atoms with Gasteiger partial charge in [0.25, 0.3) is 0 Å². The molecule has 1 N–H and O–H groups in total. The van der Waals surface area contributed by atoms with Gasteiger partial charge in [0, 0.05) is 12.7 Å². The van der Waals surface area contributed by atoms with Crippen molar-refractivity contribution in [2.75, 3.05) is 13.2 Å². The van der Waals surface area contributed by atoms with Crippen LogP contribution in [0.3, 0.4) is 0 Å². The number of rotatable bonds is 6. The molecule has 0 saturated heterocycles. The van der Waals surface area contributed by atoms with E-state index in [0.29, 0.717) is 24.5 Å². The largest absolute Gasteiger partial charge is 0.492 e. The Kier molecular flexibility index (Phi) is 4.50. The maximum absolute atomic E-state index is 8.87. The number of hydrogen-bond acceptors (Lipinski definition) is 5. The van der Waals surface area contributed by atoms with Crippen LogP contribution in [0.4, 0.5) is 0 Å². The summed E-state index contributed by atoms with van der Waals surface area (Å²) >= 11 is 0. The highest BCUT2D eigenvalue weighted by atomic mass is 16.5. The van der Waals surface area contributed by atoms with Gasteiger partial charge in [-0.15, -0.1) is 10.2 Å². The Morgan fingerprint density at radius 1 is 1.26 bits per heavy atom. The second kappa shape index (κ2) is 6.90. The lowest BCUT2D eigenvalue weighted by molar-refractivity contribution is 0.306. The first-order chi connectivity index (χ1) is 11.3. The molecule has 6 nitrogen and oxygen atoms in total. The fourth-order valence-electron chi connectivity index (χ4n) is 2.35. The van der Waals surface area contributed by atoms with Crippen LogP contribution in [-0.2, 0) is 0 Å². The molecule has 23 heavy (non-hydrogen) atoms. The van der Waals surface area contributed by atoms with E-state index in [2.05, 4.69) is 21.6 Å². The zero-order chi connectivity index (χ0) is 16.1. The Hall–Kier alpha value is -2.91. The van der Waals surface area contributed by atoms with E-state index in [1.165, 1.54) is 0 Å². The number of benzene rings is 1. The summed E-state index contributed by atoms with van der Waals surface area (Å²) in [6.45, 7) is 3.22. The maximum Gasteiger partial charge on any atom is 0.160 e. The highest BCUT2D eigenvalue weighted by Gasteiger charge is 2.12. The summed E-state index contributed by atoms with van der Waals surface area (Å²) in [5.41, 5.74) is 1.43. The third-order valence-electron chi connectivity index (χ3n) is 3.51. The lowest BCUT2D eigenvalue weighted by Gasteiger charge is -2.13. The molecule has 6 heteroatoms. The minimum Gasteiger partial charge on any atom is -0.492 e. The van der Waals surface area contributed by atoms with Crippen molar-refractivity contribution in [3.8, 4) is 11.8 Å². The van der Waals surface area contributed by atoms with E-state index in [1.54, 1.807) is 12.1 Å². The summed E-state index contributed by atoms with van der Waals surface area (Å²) in [6, 6.07) is 15.1. The third-order valence-corrected chi connectivity index (χ3v) is 3.51. The average Bonchev–Trinajstić information content (AvgIpc) is 3.03. The molecule has 3 aromatic rings. The highest BCUT2D eigenvalue weighted by Crippen LogP contribution is 2.13. The molecule has 2 aromatic heterocycles. The number of nitrogens with one attached hydrogen (secondary N) is 1. The van der Waals surface area contributed by atoms with Gasteiger partial charge in [0.1, 0.15) is 12.4 Å². The van der Waals surface area contributed by atoms with Crippen LogP contribution in [0, 0.1) is 11.3 Å². The molecule has 116 valence electrons. The Balaban J connectivity index is 1.53. The first-order valence-corrected chi connectivity index (χ1v) is 7.44. The van der Waals surface area contributed by atoms with Crippen LogP contribution in [0.1, 0.15) is 24.4 Å². The Morgan fingerprint density at radius 3 is 3.04 bits per heavy atom. The number of pyridine rings is 1. The van der Waals surface area contributed by atoms with Crippen LogP contribution in [0.2, 0.25) is 0 Å². The molecule has 0 aliphatic rings. The van der Waals surface area contributed by atoms with E-state index in [9.17, 15) is 0 Å². The second-order valence-electron chi connectivity index (χ2n) is 5.15. The number of hydrogen-bond donors (Lipinski definition) is 1. The molecule has 0 spiro atoms. The monoisotopic (exact) mass is 307 g/mol. The van der Waals surface area contributed by atoms with Crippen molar-refractivity contribution in [2.45, 2.75) is 13.0 Å². The molecule has 0 aliphatic carbocycles. The molecule has 2 heterocycles. The molecule has 0 bridgehead atoms. The van der Waals surface area contributed by atoms with Gasteiger partial charge in [-0.25, -0.2) is 0 Å². The Bertz CT molecular complexity index is 836. The lowest BCUT2D eigenvalue weighted by Crippen LogP contribution is -2.25. The summed E-state index contributed by atoms with van der Waals surface area (Å²) in [5, 5.41) is 20.6. The molecule has 0 saturated carbocycles. The van der Waals surface area contributed by atoms with Gasteiger partial charge in [-0.1, -0.05) is 12.1 Å². The minimum atomic E-state index is 0.0569. The zero-order valence-electron chi connectivity index (χ0n) is 12.8. The van der Waals surface area contributed by atoms with Crippen LogP contribution in [0.25, 0.3) is 5.65 Å². The first-order valence-electron chi connectivity index (χ1n) is 7.44. The molecule has 1 atom stereocenters. The molecule has 0 radical (unpaired) electrons. The summed E-state index contributed by atoms with van der Waals surface area (Å²) in [5.74, 6) is 1.57. The molecule has 3 rings (SSSR count). The predicted octanol–water partition coefficient (Wildman–Crippen LogP) is 2.33. The van der Waals surface area contributed by atoms with Gasteiger partial charge in [0.15, 0.2) is 11.5 Å². The van der Waals surface area contributed by atoms with Gasteiger partial charge in [-0.2, -0.15) is 5.26 Å². The van der Waals surface area contributed by atoms with Crippen molar-refractivity contribution in [1.82, 2.24) is 19.9 Å². The number of fused-ring (bicyclic) bond motifs is 1. The first kappa shape index (κ1) is 15.0. The van der Waals surface area contributed by atoms with E-state index < -0.39 is 0 Å². The SMILES string of the molecule is C[C@@H](NCCOc1cccc(C#N)c1)c1nnc2ccccn12. The topological polar surface area (TPSA) is 75.2 Å². The van der Waals surface area contributed by atoms with Crippen molar-refractivity contribution >= 4 is 5.65 Å². The van der Waals surface area contributed by atoms with Crippen molar-refractivity contribution < 1.29 is 4.74 Å².